The van der Waals surface area contributed by atoms with Gasteiger partial charge < -0.3 is 14.6 Å². The number of benzene rings is 2. The maximum absolute atomic E-state index is 11.5. The van der Waals surface area contributed by atoms with E-state index in [-0.39, 0.29) is 12.4 Å². The summed E-state index contributed by atoms with van der Waals surface area (Å²) in [7, 11) is 1.54. The van der Waals surface area contributed by atoms with Crippen LogP contribution in [0.3, 0.4) is 0 Å². The maximum atomic E-state index is 11.5. The third kappa shape index (κ3) is 5.23. The Balaban J connectivity index is 1.33. The molecule has 2 heterocycles. The molecule has 4 rings (SSSR count). The first-order chi connectivity index (χ1) is 15.0. The highest BCUT2D eigenvalue weighted by molar-refractivity contribution is 7.18. The largest absolute Gasteiger partial charge is 0.493 e. The van der Waals surface area contributed by atoms with E-state index in [2.05, 4.69) is 23.1 Å². The number of likely N-dealkylation sites (tertiary alicyclic amines) is 1. The summed E-state index contributed by atoms with van der Waals surface area (Å²) < 4.78 is 12.4. The van der Waals surface area contributed by atoms with Crippen molar-refractivity contribution in [2.75, 3.05) is 33.4 Å². The van der Waals surface area contributed by atoms with Gasteiger partial charge in [-0.15, -0.1) is 11.3 Å². The van der Waals surface area contributed by atoms with Gasteiger partial charge in [0.1, 0.15) is 12.7 Å². The third-order valence-corrected chi connectivity index (χ3v) is 6.83. The van der Waals surface area contributed by atoms with Crippen LogP contribution < -0.4 is 9.47 Å². The van der Waals surface area contributed by atoms with Crippen molar-refractivity contribution in [3.8, 4) is 11.5 Å². The number of hydrogen-bond acceptors (Lipinski definition) is 7. The summed E-state index contributed by atoms with van der Waals surface area (Å²) in [5, 5.41) is 11.8. The zero-order valence-corrected chi connectivity index (χ0v) is 18.7. The standard InChI is InChI=1S/C24H28N2O4S/c1-16(27)17-9-10-21(22(12-17)29-2)30-15-19(28)14-26-11-5-6-18(13-26)24-25-20-7-3-4-8-23(20)31-24/h3-4,7-10,12,18-19,28H,5-6,11,13-15H2,1-2H3/t18-,19-/m0/s1. The molecule has 164 valence electrons. The quantitative estimate of drug-likeness (QED) is 0.531. The van der Waals surface area contributed by atoms with E-state index < -0.39 is 6.10 Å². The van der Waals surface area contributed by atoms with E-state index in [0.29, 0.717) is 29.5 Å². The second kappa shape index (κ2) is 9.77. The molecule has 0 unspecified atom stereocenters. The van der Waals surface area contributed by atoms with Crippen molar-refractivity contribution in [3.63, 3.8) is 0 Å². The Morgan fingerprint density at radius 3 is 2.90 bits per heavy atom. The number of β-amino-alcohol motifs (C(OH)–C–C–N with tert-alkyl or cyclic N) is 1. The highest BCUT2D eigenvalue weighted by Gasteiger charge is 2.25. The minimum absolute atomic E-state index is 0.0299. The number of carbonyl (C=O) groups excluding carboxylic acids is 1. The van der Waals surface area contributed by atoms with Crippen LogP contribution in [-0.2, 0) is 0 Å². The fourth-order valence-electron chi connectivity index (χ4n) is 4.03. The lowest BCUT2D eigenvalue weighted by atomic mass is 9.98. The molecular weight excluding hydrogens is 412 g/mol. The lowest BCUT2D eigenvalue weighted by Crippen LogP contribution is -2.41. The number of hydrogen-bond donors (Lipinski definition) is 1. The van der Waals surface area contributed by atoms with Crippen molar-refractivity contribution in [1.82, 2.24) is 9.88 Å². The molecule has 1 saturated heterocycles. The number of fused-ring (bicyclic) bond motifs is 1. The molecule has 7 heteroatoms. The summed E-state index contributed by atoms with van der Waals surface area (Å²) in [5.74, 6) is 1.39. The average Bonchev–Trinajstić information content (AvgIpc) is 3.22. The number of ketones is 1. The minimum Gasteiger partial charge on any atom is -0.493 e. The maximum Gasteiger partial charge on any atom is 0.161 e. The van der Waals surface area contributed by atoms with Crippen LogP contribution in [0.4, 0.5) is 0 Å². The van der Waals surface area contributed by atoms with Gasteiger partial charge in [0.05, 0.1) is 22.3 Å². The molecule has 0 radical (unpaired) electrons. The zero-order chi connectivity index (χ0) is 21.8. The number of methoxy groups -OCH3 is 1. The van der Waals surface area contributed by atoms with Gasteiger partial charge in [0.25, 0.3) is 0 Å². The summed E-state index contributed by atoms with van der Waals surface area (Å²) in [4.78, 5) is 18.7. The molecule has 0 spiro atoms. The highest BCUT2D eigenvalue weighted by atomic mass is 32.1. The minimum atomic E-state index is -0.619. The second-order valence-electron chi connectivity index (χ2n) is 8.01. The molecule has 0 aliphatic carbocycles. The van der Waals surface area contributed by atoms with Crippen LogP contribution in [0.5, 0.6) is 11.5 Å². The predicted octanol–water partition coefficient (Wildman–Crippen LogP) is 4.13. The second-order valence-corrected chi connectivity index (χ2v) is 9.07. The number of carbonyl (C=O) groups is 1. The number of ether oxygens (including phenoxy) is 2. The number of aromatic nitrogens is 1. The lowest BCUT2D eigenvalue weighted by molar-refractivity contribution is 0.0575. The Bertz CT molecular complexity index is 1020. The first-order valence-corrected chi connectivity index (χ1v) is 11.4. The number of piperidine rings is 1. The summed E-state index contributed by atoms with van der Waals surface area (Å²) in [6, 6.07) is 13.3. The van der Waals surface area contributed by atoms with Gasteiger partial charge >= 0.3 is 0 Å². The Morgan fingerprint density at radius 2 is 2.13 bits per heavy atom. The van der Waals surface area contributed by atoms with Gasteiger partial charge in [0.2, 0.25) is 0 Å². The van der Waals surface area contributed by atoms with Gasteiger partial charge in [-0.2, -0.15) is 0 Å². The van der Waals surface area contributed by atoms with Gasteiger partial charge in [-0.05, 0) is 56.6 Å². The number of nitrogens with zero attached hydrogens (tertiary/aromatic N) is 2. The fourth-order valence-corrected chi connectivity index (χ4v) is 5.12. The van der Waals surface area contributed by atoms with E-state index in [1.54, 1.807) is 36.6 Å². The van der Waals surface area contributed by atoms with Gasteiger partial charge in [0.15, 0.2) is 17.3 Å². The van der Waals surface area contributed by atoms with Crippen molar-refractivity contribution in [2.45, 2.75) is 31.8 Å². The van der Waals surface area contributed by atoms with Crippen molar-refractivity contribution in [1.29, 1.82) is 0 Å². The zero-order valence-electron chi connectivity index (χ0n) is 17.9. The number of Topliss-reactive ketones (excluding diaryl/α,β-unsaturated/α-hetero) is 1. The molecule has 6 nitrogen and oxygen atoms in total. The van der Waals surface area contributed by atoms with E-state index in [0.717, 1.165) is 31.4 Å². The number of aliphatic hydroxyl groups is 1. The molecule has 0 amide bonds. The molecule has 1 aliphatic rings. The Kier molecular flexibility index (Phi) is 6.85. The summed E-state index contributed by atoms with van der Waals surface area (Å²) in [6.45, 7) is 4.09. The SMILES string of the molecule is COc1cc(C(C)=O)ccc1OC[C@@H](O)CN1CCC[C@H](c2nc3ccccc3s2)C1. The van der Waals surface area contributed by atoms with Crippen molar-refractivity contribution < 1.29 is 19.4 Å². The van der Waals surface area contributed by atoms with E-state index in [1.807, 2.05) is 6.07 Å². The number of para-hydroxylation sites is 1. The third-order valence-electron chi connectivity index (χ3n) is 5.64. The molecule has 0 bridgehead atoms. The number of aliphatic hydroxyl groups excluding tert-OH is 1. The summed E-state index contributed by atoms with van der Waals surface area (Å²) in [5.41, 5.74) is 1.64. The van der Waals surface area contributed by atoms with Crippen molar-refractivity contribution >= 4 is 27.3 Å². The normalized spacial score (nSPS) is 18.1. The molecule has 31 heavy (non-hydrogen) atoms. The molecular formula is C24H28N2O4S. The van der Waals surface area contributed by atoms with Crippen molar-refractivity contribution in [2.24, 2.45) is 0 Å². The van der Waals surface area contributed by atoms with E-state index in [4.69, 9.17) is 14.5 Å². The monoisotopic (exact) mass is 440 g/mol. The van der Waals surface area contributed by atoms with E-state index in [9.17, 15) is 9.90 Å². The van der Waals surface area contributed by atoms with Crippen LogP contribution in [0.2, 0.25) is 0 Å². The predicted molar refractivity (Wildman–Crippen MR) is 123 cm³/mol. The lowest BCUT2D eigenvalue weighted by Gasteiger charge is -2.33. The first kappa shape index (κ1) is 21.7. The van der Waals surface area contributed by atoms with Crippen LogP contribution in [0, 0.1) is 0 Å². The molecule has 1 N–H and O–H groups in total. The van der Waals surface area contributed by atoms with Crippen LogP contribution in [0.25, 0.3) is 10.2 Å². The molecule has 1 fully saturated rings. The Morgan fingerprint density at radius 1 is 1.29 bits per heavy atom. The van der Waals surface area contributed by atoms with Gasteiger partial charge in [0, 0.05) is 24.6 Å². The van der Waals surface area contributed by atoms with Gasteiger partial charge in [-0.25, -0.2) is 4.98 Å². The van der Waals surface area contributed by atoms with Crippen LogP contribution >= 0.6 is 11.3 Å². The molecule has 2 atom stereocenters. The smallest absolute Gasteiger partial charge is 0.161 e. The van der Waals surface area contributed by atoms with Crippen molar-refractivity contribution in [3.05, 3.63) is 53.0 Å². The summed E-state index contributed by atoms with van der Waals surface area (Å²) >= 11 is 1.78. The van der Waals surface area contributed by atoms with Crippen LogP contribution in [-0.4, -0.2) is 60.2 Å². The first-order valence-electron chi connectivity index (χ1n) is 10.6. The molecule has 2 aromatic carbocycles. The fraction of sp³-hybridized carbons (Fsp3) is 0.417. The molecule has 1 aromatic heterocycles. The van der Waals surface area contributed by atoms with E-state index in [1.165, 1.54) is 16.6 Å². The van der Waals surface area contributed by atoms with Gasteiger partial charge in [-0.3, -0.25) is 9.69 Å². The van der Waals surface area contributed by atoms with Crippen LogP contribution in [0.1, 0.15) is 41.0 Å². The Hall–Kier alpha value is -2.48. The molecule has 0 saturated carbocycles. The number of rotatable bonds is 8. The molecule has 1 aliphatic heterocycles. The summed E-state index contributed by atoms with van der Waals surface area (Å²) in [6.07, 6.45) is 1.60. The van der Waals surface area contributed by atoms with Gasteiger partial charge in [-0.1, -0.05) is 12.1 Å². The number of thiazole rings is 1. The topological polar surface area (TPSA) is 71.9 Å². The Labute approximate surface area is 186 Å². The van der Waals surface area contributed by atoms with Crippen LogP contribution in [0.15, 0.2) is 42.5 Å². The average molecular weight is 441 g/mol. The molecule has 3 aromatic rings. The van der Waals surface area contributed by atoms with E-state index >= 15 is 0 Å². The highest BCUT2D eigenvalue weighted by Crippen LogP contribution is 2.33.